The van der Waals surface area contributed by atoms with Crippen molar-refractivity contribution in [2.45, 2.75) is 44.8 Å². The van der Waals surface area contributed by atoms with Gasteiger partial charge in [0, 0.05) is 12.8 Å². The monoisotopic (exact) mass is 231 g/mol. The molecule has 3 nitrogen and oxygen atoms in total. The average molecular weight is 231 g/mol. The first-order valence-electron chi connectivity index (χ1n) is 5.99. The number of ether oxygens (including phenoxy) is 1. The molecule has 0 atom stereocenters. The minimum absolute atomic E-state index is 0.123. The van der Waals surface area contributed by atoms with Crippen molar-refractivity contribution >= 4 is 0 Å². The van der Waals surface area contributed by atoms with E-state index >= 15 is 0 Å². The summed E-state index contributed by atoms with van der Waals surface area (Å²) >= 11 is 0. The van der Waals surface area contributed by atoms with E-state index < -0.39 is 0 Å². The topological polar surface area (TPSA) is 53.2 Å². The molecule has 0 saturated heterocycles. The molecule has 1 aliphatic carbocycles. The second kappa shape index (κ2) is 4.77. The van der Waals surface area contributed by atoms with Crippen LogP contribution in [0.1, 0.15) is 43.7 Å². The SMILES string of the molecule is CC(C)c1cc(O[C@H]2C[C@H](O)C2)ccc1C#N. The Hall–Kier alpha value is -1.53. The minimum Gasteiger partial charge on any atom is -0.490 e. The van der Waals surface area contributed by atoms with Gasteiger partial charge in [-0.15, -0.1) is 0 Å². The molecule has 0 amide bonds. The molecule has 1 aromatic rings. The van der Waals surface area contributed by atoms with Gasteiger partial charge < -0.3 is 9.84 Å². The maximum atomic E-state index is 9.20. The van der Waals surface area contributed by atoms with E-state index in [2.05, 4.69) is 19.9 Å². The number of nitriles is 1. The Morgan fingerprint density at radius 3 is 2.65 bits per heavy atom. The van der Waals surface area contributed by atoms with Crippen LogP contribution in [0.5, 0.6) is 5.75 Å². The van der Waals surface area contributed by atoms with Crippen molar-refractivity contribution in [2.24, 2.45) is 0 Å². The first-order valence-corrected chi connectivity index (χ1v) is 5.99. The summed E-state index contributed by atoms with van der Waals surface area (Å²) in [5.41, 5.74) is 1.73. The molecular weight excluding hydrogens is 214 g/mol. The van der Waals surface area contributed by atoms with Crippen LogP contribution in [0.3, 0.4) is 0 Å². The van der Waals surface area contributed by atoms with Crippen LogP contribution in [0.15, 0.2) is 18.2 Å². The Kier molecular flexibility index (Phi) is 3.35. The Labute approximate surface area is 102 Å². The van der Waals surface area contributed by atoms with Crippen LogP contribution in [0.25, 0.3) is 0 Å². The zero-order valence-corrected chi connectivity index (χ0v) is 10.2. The normalized spacial score (nSPS) is 23.0. The van der Waals surface area contributed by atoms with E-state index in [4.69, 9.17) is 10.00 Å². The molecular formula is C14H17NO2. The fraction of sp³-hybridized carbons (Fsp3) is 0.500. The molecule has 0 spiro atoms. The van der Waals surface area contributed by atoms with Gasteiger partial charge in [0.15, 0.2) is 0 Å². The third-order valence-corrected chi connectivity index (χ3v) is 3.14. The molecule has 3 heteroatoms. The Balaban J connectivity index is 2.14. The summed E-state index contributed by atoms with van der Waals surface area (Å²) in [4.78, 5) is 0. The third-order valence-electron chi connectivity index (χ3n) is 3.14. The van der Waals surface area contributed by atoms with E-state index in [9.17, 15) is 5.11 Å². The lowest BCUT2D eigenvalue weighted by atomic mass is 9.92. The number of rotatable bonds is 3. The van der Waals surface area contributed by atoms with Crippen molar-refractivity contribution in [2.75, 3.05) is 0 Å². The van der Waals surface area contributed by atoms with E-state index in [1.165, 1.54) is 0 Å². The second-order valence-corrected chi connectivity index (χ2v) is 4.88. The van der Waals surface area contributed by atoms with Gasteiger partial charge in [-0.25, -0.2) is 0 Å². The number of aliphatic hydroxyl groups is 1. The van der Waals surface area contributed by atoms with E-state index in [0.29, 0.717) is 24.3 Å². The maximum Gasteiger partial charge on any atom is 0.120 e. The molecule has 17 heavy (non-hydrogen) atoms. The van der Waals surface area contributed by atoms with E-state index in [1.807, 2.05) is 12.1 Å². The van der Waals surface area contributed by atoms with Crippen molar-refractivity contribution < 1.29 is 9.84 Å². The molecule has 1 aliphatic rings. The van der Waals surface area contributed by atoms with Crippen LogP contribution >= 0.6 is 0 Å². The largest absolute Gasteiger partial charge is 0.490 e. The molecule has 0 bridgehead atoms. The predicted molar refractivity (Wildman–Crippen MR) is 64.9 cm³/mol. The van der Waals surface area contributed by atoms with Crippen molar-refractivity contribution in [1.29, 1.82) is 5.26 Å². The molecule has 2 rings (SSSR count). The number of aliphatic hydroxyl groups excluding tert-OH is 1. The van der Waals surface area contributed by atoms with Gasteiger partial charge in [-0.3, -0.25) is 0 Å². The molecule has 1 aromatic carbocycles. The Morgan fingerprint density at radius 1 is 1.41 bits per heavy atom. The summed E-state index contributed by atoms with van der Waals surface area (Å²) < 4.78 is 5.74. The average Bonchev–Trinajstić information content (AvgIpc) is 2.27. The molecule has 1 saturated carbocycles. The molecule has 0 aliphatic heterocycles. The quantitative estimate of drug-likeness (QED) is 0.869. The Morgan fingerprint density at radius 2 is 2.12 bits per heavy atom. The smallest absolute Gasteiger partial charge is 0.120 e. The van der Waals surface area contributed by atoms with Crippen LogP contribution in [-0.2, 0) is 0 Å². The first kappa shape index (κ1) is 11.9. The van der Waals surface area contributed by atoms with E-state index in [1.54, 1.807) is 6.07 Å². The number of benzene rings is 1. The summed E-state index contributed by atoms with van der Waals surface area (Å²) in [6.45, 7) is 4.13. The van der Waals surface area contributed by atoms with Crippen LogP contribution in [0.4, 0.5) is 0 Å². The lowest BCUT2D eigenvalue weighted by molar-refractivity contribution is -0.0108. The third kappa shape index (κ3) is 2.59. The van der Waals surface area contributed by atoms with Gasteiger partial charge in [0.25, 0.3) is 0 Å². The van der Waals surface area contributed by atoms with E-state index in [0.717, 1.165) is 11.3 Å². The summed E-state index contributed by atoms with van der Waals surface area (Å²) in [6, 6.07) is 7.77. The standard InChI is InChI=1S/C14H17NO2/c1-9(2)14-7-12(4-3-10(14)8-15)17-13-5-11(16)6-13/h3-4,7,9,11,13,16H,5-6H2,1-2H3/t11-,13-. The molecule has 0 aromatic heterocycles. The second-order valence-electron chi connectivity index (χ2n) is 4.88. The van der Waals surface area contributed by atoms with Crippen molar-refractivity contribution in [3.8, 4) is 11.8 Å². The zero-order valence-electron chi connectivity index (χ0n) is 10.2. The predicted octanol–water partition coefficient (Wildman–Crippen LogP) is 2.58. The highest BCUT2D eigenvalue weighted by Gasteiger charge is 2.29. The highest BCUT2D eigenvalue weighted by atomic mass is 16.5. The van der Waals surface area contributed by atoms with Crippen molar-refractivity contribution in [3.63, 3.8) is 0 Å². The van der Waals surface area contributed by atoms with Crippen LogP contribution in [0.2, 0.25) is 0 Å². The fourth-order valence-electron chi connectivity index (χ4n) is 2.02. The van der Waals surface area contributed by atoms with Gasteiger partial charge in [0.1, 0.15) is 11.9 Å². The molecule has 1 fully saturated rings. The lowest BCUT2D eigenvalue weighted by Gasteiger charge is -2.31. The van der Waals surface area contributed by atoms with Gasteiger partial charge in [-0.05, 0) is 29.7 Å². The zero-order chi connectivity index (χ0) is 12.4. The van der Waals surface area contributed by atoms with Crippen LogP contribution in [-0.4, -0.2) is 17.3 Å². The number of nitrogens with zero attached hydrogens (tertiary/aromatic N) is 1. The van der Waals surface area contributed by atoms with Gasteiger partial charge >= 0.3 is 0 Å². The lowest BCUT2D eigenvalue weighted by Crippen LogP contribution is -2.37. The van der Waals surface area contributed by atoms with Crippen LogP contribution in [0, 0.1) is 11.3 Å². The number of hydrogen-bond acceptors (Lipinski definition) is 3. The van der Waals surface area contributed by atoms with Gasteiger partial charge in [0.2, 0.25) is 0 Å². The van der Waals surface area contributed by atoms with Crippen LogP contribution < -0.4 is 4.74 Å². The first-order chi connectivity index (χ1) is 8.10. The van der Waals surface area contributed by atoms with Crippen molar-refractivity contribution in [3.05, 3.63) is 29.3 Å². The highest BCUT2D eigenvalue weighted by Crippen LogP contribution is 2.29. The van der Waals surface area contributed by atoms with E-state index in [-0.39, 0.29) is 12.2 Å². The summed E-state index contributed by atoms with van der Waals surface area (Å²) in [7, 11) is 0. The summed E-state index contributed by atoms with van der Waals surface area (Å²) in [6.07, 6.45) is 1.33. The van der Waals surface area contributed by atoms with Gasteiger partial charge in [0.05, 0.1) is 17.7 Å². The van der Waals surface area contributed by atoms with Gasteiger partial charge in [-0.1, -0.05) is 13.8 Å². The van der Waals surface area contributed by atoms with Gasteiger partial charge in [-0.2, -0.15) is 5.26 Å². The number of hydrogen-bond donors (Lipinski definition) is 1. The Bertz CT molecular complexity index is 442. The highest BCUT2D eigenvalue weighted by molar-refractivity contribution is 5.44. The molecule has 0 unspecified atom stereocenters. The molecule has 1 N–H and O–H groups in total. The molecule has 0 heterocycles. The summed E-state index contributed by atoms with van der Waals surface area (Å²) in [5, 5.41) is 18.2. The molecule has 90 valence electrons. The minimum atomic E-state index is -0.206. The van der Waals surface area contributed by atoms with Crippen molar-refractivity contribution in [1.82, 2.24) is 0 Å². The fourth-order valence-corrected chi connectivity index (χ4v) is 2.02. The maximum absolute atomic E-state index is 9.20. The molecule has 0 radical (unpaired) electrons. The summed E-state index contributed by atoms with van der Waals surface area (Å²) in [5.74, 6) is 1.10.